The Morgan fingerprint density at radius 2 is 1.13 bits per heavy atom. The molecule has 228 valence electrons. The number of rotatable bonds is 7. The first-order chi connectivity index (χ1) is 21.4. The maximum Gasteiger partial charge on any atom is 0.278 e. The lowest BCUT2D eigenvalue weighted by atomic mass is 10.1. The lowest BCUT2D eigenvalue weighted by molar-refractivity contribution is 0.0986. The Bertz CT molecular complexity index is 2230. The Morgan fingerprint density at radius 1 is 0.667 bits per heavy atom. The molecule has 5 aromatic carbocycles. The van der Waals surface area contributed by atoms with Crippen LogP contribution in [0, 0.1) is 12.7 Å². The van der Waals surface area contributed by atoms with E-state index in [2.05, 4.69) is 0 Å². The molecule has 2 aliphatic rings. The number of anilines is 3. The van der Waals surface area contributed by atoms with Crippen LogP contribution in [0.3, 0.4) is 0 Å². The summed E-state index contributed by atoms with van der Waals surface area (Å²) in [6.45, 7) is 5.78. The average molecular weight is 644 g/mol. The molecule has 7 rings (SSSR count). The molecule has 45 heavy (non-hydrogen) atoms. The van der Waals surface area contributed by atoms with E-state index in [-0.39, 0.29) is 47.3 Å². The van der Waals surface area contributed by atoms with Crippen LogP contribution in [0.15, 0.2) is 88.7 Å². The van der Waals surface area contributed by atoms with E-state index in [1.165, 1.54) is 59.2 Å². The van der Waals surface area contributed by atoms with Crippen molar-refractivity contribution in [3.8, 4) is 0 Å². The van der Waals surface area contributed by atoms with Crippen LogP contribution < -0.4 is 13.5 Å². The van der Waals surface area contributed by atoms with E-state index in [4.69, 9.17) is 0 Å². The third kappa shape index (κ3) is 3.88. The van der Waals surface area contributed by atoms with E-state index in [0.717, 1.165) is 12.1 Å². The number of hydrogen-bond donors (Lipinski definition) is 0. The molecule has 0 fully saturated rings. The number of nitrogens with zero attached hydrogens (tertiary/aromatic N) is 3. The Morgan fingerprint density at radius 3 is 1.58 bits per heavy atom. The van der Waals surface area contributed by atoms with Crippen molar-refractivity contribution in [3.05, 3.63) is 101 Å². The highest BCUT2D eigenvalue weighted by atomic mass is 32.3. The number of amides is 2. The molecule has 2 heterocycles. The summed E-state index contributed by atoms with van der Waals surface area (Å²) in [6.07, 6.45) is 0. The van der Waals surface area contributed by atoms with Crippen molar-refractivity contribution < 1.29 is 30.8 Å². The van der Waals surface area contributed by atoms with Gasteiger partial charge in [-0.05, 0) is 74.9 Å². The maximum absolute atomic E-state index is 14.8. The molecule has 9 nitrogen and oxygen atoms in total. The van der Waals surface area contributed by atoms with Crippen molar-refractivity contribution in [3.63, 3.8) is 0 Å². The molecule has 0 aromatic heterocycles. The van der Waals surface area contributed by atoms with E-state index in [9.17, 15) is 30.8 Å². The minimum absolute atomic E-state index is 0.160. The van der Waals surface area contributed by atoms with Gasteiger partial charge in [0.1, 0.15) is 5.82 Å². The highest BCUT2D eigenvalue weighted by Crippen LogP contribution is 2.45. The quantitative estimate of drug-likeness (QED) is 0.216. The van der Waals surface area contributed by atoms with Gasteiger partial charge >= 0.3 is 0 Å². The normalized spacial score (nSPS) is 14.3. The number of carbonyl (C=O) groups excluding carboxylic acids is 2. The lowest BCUT2D eigenvalue weighted by Crippen LogP contribution is -2.38. The highest BCUT2D eigenvalue weighted by molar-refractivity contribution is 8.10. The third-order valence-corrected chi connectivity index (χ3v) is 12.8. The summed E-state index contributed by atoms with van der Waals surface area (Å²) < 4.78 is 74.3. The van der Waals surface area contributed by atoms with Crippen molar-refractivity contribution in [2.24, 2.45) is 0 Å². The molecule has 0 aliphatic carbocycles. The number of hydrogen-bond acceptors (Lipinski definition) is 6. The van der Waals surface area contributed by atoms with Crippen molar-refractivity contribution in [1.82, 2.24) is 0 Å². The van der Waals surface area contributed by atoms with Gasteiger partial charge in [-0.3, -0.25) is 9.59 Å². The second-order valence-corrected chi connectivity index (χ2v) is 14.6. The van der Waals surface area contributed by atoms with Crippen LogP contribution in [0.4, 0.5) is 21.5 Å². The summed E-state index contributed by atoms with van der Waals surface area (Å²) in [5, 5.41) is 1.10. The third-order valence-electron chi connectivity index (χ3n) is 8.48. The summed E-state index contributed by atoms with van der Waals surface area (Å²) in [5.74, 6) is -1.41. The van der Waals surface area contributed by atoms with Gasteiger partial charge in [-0.15, -0.1) is 0 Å². The van der Waals surface area contributed by atoms with Crippen molar-refractivity contribution in [2.75, 3.05) is 26.6 Å². The van der Waals surface area contributed by atoms with Crippen LogP contribution in [0.1, 0.15) is 40.1 Å². The molecule has 5 aromatic rings. The Labute approximate surface area is 259 Å². The average Bonchev–Trinajstić information content (AvgIpc) is 3.46. The number of benzene rings is 5. The van der Waals surface area contributed by atoms with Crippen LogP contribution >= 0.6 is 0 Å². The molecule has 0 atom stereocenters. The van der Waals surface area contributed by atoms with Crippen LogP contribution in [0.2, 0.25) is 0 Å². The predicted molar refractivity (Wildman–Crippen MR) is 171 cm³/mol. The molecule has 0 saturated carbocycles. The largest absolute Gasteiger partial charge is 0.308 e. The van der Waals surface area contributed by atoms with Gasteiger partial charge in [-0.1, -0.05) is 30.3 Å². The fourth-order valence-corrected chi connectivity index (χ4v) is 10.6. The predicted octanol–water partition coefficient (Wildman–Crippen LogP) is 5.98. The first-order valence-corrected chi connectivity index (χ1v) is 17.1. The van der Waals surface area contributed by atoms with E-state index in [1.807, 2.05) is 0 Å². The van der Waals surface area contributed by atoms with Crippen molar-refractivity contribution >= 4 is 70.5 Å². The van der Waals surface area contributed by atoms with Gasteiger partial charge in [-0.2, -0.15) is 20.5 Å². The monoisotopic (exact) mass is 643 g/mol. The lowest BCUT2D eigenvalue weighted by Gasteiger charge is -2.27. The standard InChI is InChI=1S/C33H26FN3O6S2/c1-4-35-25-14-16-28(21-8-6-10-23(30(21)25)32(35)38)44(40,41)37(27-18-20(34)13-12-19(27)3)45(42,43)29-17-15-26-31-22(29)9-7-11-24(31)33(39)36(26)5-2/h6-18H,4-5H2,1-3H3. The molecule has 0 radical (unpaired) electrons. The Balaban J connectivity index is 1.53. The first-order valence-electron chi connectivity index (χ1n) is 14.2. The SMILES string of the molecule is CCN1C(=O)c2cccc3c(S(=O)(=O)N(c4cc(F)ccc4C)S(=O)(=O)c4ccc5c6c(cccc46)C(=O)N5CC)ccc1c23. The molecule has 0 unspecified atom stereocenters. The topological polar surface area (TPSA) is 112 Å². The van der Waals surface area contributed by atoms with E-state index in [1.54, 1.807) is 38.1 Å². The van der Waals surface area contributed by atoms with Gasteiger partial charge in [0.25, 0.3) is 31.9 Å². The second kappa shape index (κ2) is 9.85. The number of sulfonamides is 2. The number of halogens is 1. The smallest absolute Gasteiger partial charge is 0.278 e. The highest BCUT2D eigenvalue weighted by Gasteiger charge is 2.42. The fraction of sp³-hybridized carbons (Fsp3) is 0.152. The summed E-state index contributed by atoms with van der Waals surface area (Å²) in [5.41, 5.74) is 1.44. The van der Waals surface area contributed by atoms with Crippen LogP contribution in [-0.4, -0.2) is 41.7 Å². The second-order valence-electron chi connectivity index (χ2n) is 10.9. The summed E-state index contributed by atoms with van der Waals surface area (Å²) in [6, 6.07) is 18.1. The van der Waals surface area contributed by atoms with Crippen LogP contribution in [0.5, 0.6) is 0 Å². The van der Waals surface area contributed by atoms with Gasteiger partial charge in [-0.25, -0.2) is 4.39 Å². The van der Waals surface area contributed by atoms with Gasteiger partial charge in [0, 0.05) is 45.8 Å². The summed E-state index contributed by atoms with van der Waals surface area (Å²) in [4.78, 5) is 28.5. The zero-order chi connectivity index (χ0) is 32.0. The maximum atomic E-state index is 14.8. The van der Waals surface area contributed by atoms with Crippen LogP contribution in [-0.2, 0) is 20.0 Å². The molecule has 2 aliphatic heterocycles. The van der Waals surface area contributed by atoms with E-state index >= 15 is 0 Å². The minimum atomic E-state index is -5.00. The molecule has 0 saturated heterocycles. The van der Waals surface area contributed by atoms with Gasteiger partial charge in [0.05, 0.1) is 26.9 Å². The van der Waals surface area contributed by atoms with Gasteiger partial charge in [0.2, 0.25) is 0 Å². The molecule has 0 spiro atoms. The molecular formula is C33H26FN3O6S2. The number of carbonyl (C=O) groups is 2. The van der Waals surface area contributed by atoms with Crippen LogP contribution in [0.25, 0.3) is 21.5 Å². The van der Waals surface area contributed by atoms with Crippen molar-refractivity contribution in [2.45, 2.75) is 30.6 Å². The van der Waals surface area contributed by atoms with Gasteiger partial charge in [0.15, 0.2) is 0 Å². The zero-order valence-electron chi connectivity index (χ0n) is 24.4. The Hall–Kier alpha value is -4.81. The van der Waals surface area contributed by atoms with Gasteiger partial charge < -0.3 is 9.80 Å². The molecular weight excluding hydrogens is 618 g/mol. The summed E-state index contributed by atoms with van der Waals surface area (Å²) >= 11 is 0. The molecule has 12 heteroatoms. The van der Waals surface area contributed by atoms with E-state index < -0.39 is 25.9 Å². The Kier molecular flexibility index (Phi) is 6.33. The first kappa shape index (κ1) is 28.9. The zero-order valence-corrected chi connectivity index (χ0v) is 26.0. The van der Waals surface area contributed by atoms with E-state index in [0.29, 0.717) is 46.4 Å². The van der Waals surface area contributed by atoms with Crippen molar-refractivity contribution in [1.29, 1.82) is 0 Å². The number of aryl methyl sites for hydroxylation is 1. The fourth-order valence-electron chi connectivity index (χ4n) is 6.46. The summed E-state index contributed by atoms with van der Waals surface area (Å²) in [7, 11) is -10.0. The minimum Gasteiger partial charge on any atom is -0.308 e. The molecule has 0 bridgehead atoms. The molecule has 0 N–H and O–H groups in total. The molecule has 2 amide bonds.